The minimum Gasteiger partial charge on any atom is -0.385 e. The summed E-state index contributed by atoms with van der Waals surface area (Å²) in [6.07, 6.45) is 2.40. The van der Waals surface area contributed by atoms with Crippen LogP contribution in [0.15, 0.2) is 41.0 Å². The number of nitrogens with zero attached hydrogens (tertiary/aromatic N) is 1. The molecule has 0 atom stereocenters. The largest absolute Gasteiger partial charge is 0.385 e. The second-order valence-electron chi connectivity index (χ2n) is 5.12. The molecule has 5 nitrogen and oxygen atoms in total. The van der Waals surface area contributed by atoms with Gasteiger partial charge in [0.1, 0.15) is 5.69 Å². The van der Waals surface area contributed by atoms with Crippen molar-refractivity contribution in [2.75, 3.05) is 25.6 Å². The highest BCUT2D eigenvalue weighted by atomic mass is 79.9. The van der Waals surface area contributed by atoms with E-state index in [1.54, 1.807) is 19.4 Å². The molecule has 0 aliphatic heterocycles. The summed E-state index contributed by atoms with van der Waals surface area (Å²) in [6, 6.07) is 9.58. The second kappa shape index (κ2) is 8.64. The van der Waals surface area contributed by atoms with Crippen LogP contribution >= 0.6 is 15.9 Å². The zero-order valence-electron chi connectivity index (χ0n) is 13.2. The van der Waals surface area contributed by atoms with Crippen molar-refractivity contribution in [2.45, 2.75) is 13.3 Å². The minimum atomic E-state index is -0.183. The van der Waals surface area contributed by atoms with Gasteiger partial charge in [-0.2, -0.15) is 0 Å². The van der Waals surface area contributed by atoms with Crippen LogP contribution in [0.25, 0.3) is 0 Å². The Hall–Kier alpha value is -1.92. The Morgan fingerprint density at radius 2 is 2.13 bits per heavy atom. The Morgan fingerprint density at radius 1 is 1.30 bits per heavy atom. The van der Waals surface area contributed by atoms with Crippen molar-refractivity contribution in [1.29, 1.82) is 0 Å². The first kappa shape index (κ1) is 17.4. The Bertz CT molecular complexity index is 677. The van der Waals surface area contributed by atoms with Crippen molar-refractivity contribution < 1.29 is 9.53 Å². The predicted octanol–water partition coefficient (Wildman–Crippen LogP) is 3.66. The number of ether oxygens (including phenoxy) is 1. The smallest absolute Gasteiger partial charge is 0.269 e. The first-order valence-electron chi connectivity index (χ1n) is 7.36. The van der Waals surface area contributed by atoms with Crippen LogP contribution in [0.3, 0.4) is 0 Å². The lowest BCUT2D eigenvalue weighted by atomic mass is 10.2. The summed E-state index contributed by atoms with van der Waals surface area (Å²) < 4.78 is 5.99. The number of halogens is 1. The Morgan fingerprint density at radius 3 is 2.87 bits per heavy atom. The highest BCUT2D eigenvalue weighted by Gasteiger charge is 2.08. The molecule has 0 aliphatic carbocycles. The molecule has 1 heterocycles. The predicted molar refractivity (Wildman–Crippen MR) is 95.2 cm³/mol. The molecule has 1 aromatic carbocycles. The van der Waals surface area contributed by atoms with E-state index in [4.69, 9.17) is 4.74 Å². The molecule has 6 heteroatoms. The number of amides is 1. The maximum atomic E-state index is 12.1. The summed E-state index contributed by atoms with van der Waals surface area (Å²) in [4.78, 5) is 16.2. The molecule has 0 spiro atoms. The highest BCUT2D eigenvalue weighted by molar-refractivity contribution is 9.10. The Kier molecular flexibility index (Phi) is 6.55. The molecule has 0 fully saturated rings. The minimum absolute atomic E-state index is 0.183. The Balaban J connectivity index is 2.03. The van der Waals surface area contributed by atoms with Gasteiger partial charge in [0, 0.05) is 42.3 Å². The van der Waals surface area contributed by atoms with Crippen molar-refractivity contribution in [1.82, 2.24) is 10.3 Å². The molecule has 0 radical (unpaired) electrons. The Labute approximate surface area is 144 Å². The van der Waals surface area contributed by atoms with E-state index in [1.165, 1.54) is 0 Å². The molecule has 0 unspecified atom stereocenters. The van der Waals surface area contributed by atoms with E-state index in [0.717, 1.165) is 27.8 Å². The quantitative estimate of drug-likeness (QED) is 0.722. The fourth-order valence-corrected chi connectivity index (χ4v) is 2.54. The molecule has 0 saturated heterocycles. The third-order valence-electron chi connectivity index (χ3n) is 3.27. The van der Waals surface area contributed by atoms with Gasteiger partial charge < -0.3 is 15.4 Å². The zero-order chi connectivity index (χ0) is 16.7. The van der Waals surface area contributed by atoms with Crippen molar-refractivity contribution in [3.8, 4) is 0 Å². The van der Waals surface area contributed by atoms with Crippen molar-refractivity contribution in [3.63, 3.8) is 0 Å². The van der Waals surface area contributed by atoms with Crippen molar-refractivity contribution in [3.05, 3.63) is 52.3 Å². The number of aryl methyl sites for hydroxylation is 1. The van der Waals surface area contributed by atoms with Crippen LogP contribution < -0.4 is 10.6 Å². The standard InChI is InChI=1S/C17H20BrN3O2/c1-12-10-13(18)4-5-15(12)21-14-6-8-19-16(11-14)17(22)20-7-3-9-23-2/h4-6,8,10-11H,3,7,9H2,1-2H3,(H,19,21)(H,20,22). The summed E-state index contributed by atoms with van der Waals surface area (Å²) in [7, 11) is 1.64. The van der Waals surface area contributed by atoms with Crippen molar-refractivity contribution in [2.24, 2.45) is 0 Å². The molecule has 1 aromatic heterocycles. The lowest BCUT2D eigenvalue weighted by Gasteiger charge is -2.11. The van der Waals surface area contributed by atoms with E-state index >= 15 is 0 Å². The number of carbonyl (C=O) groups excluding carboxylic acids is 1. The average molecular weight is 378 g/mol. The monoisotopic (exact) mass is 377 g/mol. The molecular formula is C17H20BrN3O2. The second-order valence-corrected chi connectivity index (χ2v) is 6.03. The maximum absolute atomic E-state index is 12.1. The number of hydrogen-bond acceptors (Lipinski definition) is 4. The number of carbonyl (C=O) groups is 1. The van der Waals surface area contributed by atoms with Crippen LogP contribution in [-0.4, -0.2) is 31.2 Å². The summed E-state index contributed by atoms with van der Waals surface area (Å²) in [5, 5.41) is 6.14. The van der Waals surface area contributed by atoms with Gasteiger partial charge in [-0.3, -0.25) is 9.78 Å². The SMILES string of the molecule is COCCCNC(=O)c1cc(Nc2ccc(Br)cc2C)ccn1. The van der Waals surface area contributed by atoms with Gasteiger partial charge in [-0.1, -0.05) is 15.9 Å². The van der Waals surface area contributed by atoms with Crippen LogP contribution in [0.2, 0.25) is 0 Å². The van der Waals surface area contributed by atoms with Gasteiger partial charge in [-0.25, -0.2) is 0 Å². The molecule has 2 aromatic rings. The summed E-state index contributed by atoms with van der Waals surface area (Å²) in [5.41, 5.74) is 3.32. The zero-order valence-corrected chi connectivity index (χ0v) is 14.8. The van der Waals surface area contributed by atoms with Gasteiger partial charge in [-0.05, 0) is 49.2 Å². The molecule has 1 amide bonds. The molecule has 122 valence electrons. The molecule has 2 rings (SSSR count). The molecule has 23 heavy (non-hydrogen) atoms. The van der Waals surface area contributed by atoms with E-state index in [2.05, 4.69) is 31.5 Å². The van der Waals surface area contributed by atoms with Gasteiger partial charge in [0.25, 0.3) is 5.91 Å². The number of aromatic nitrogens is 1. The topological polar surface area (TPSA) is 63.2 Å². The molecular weight excluding hydrogens is 358 g/mol. The van der Waals surface area contributed by atoms with Gasteiger partial charge in [0.2, 0.25) is 0 Å². The summed E-state index contributed by atoms with van der Waals surface area (Å²) in [6.45, 7) is 3.22. The average Bonchev–Trinajstić information content (AvgIpc) is 2.54. The van der Waals surface area contributed by atoms with Gasteiger partial charge >= 0.3 is 0 Å². The molecule has 2 N–H and O–H groups in total. The van der Waals surface area contributed by atoms with E-state index in [-0.39, 0.29) is 5.91 Å². The van der Waals surface area contributed by atoms with Crippen LogP contribution in [-0.2, 0) is 4.74 Å². The fraction of sp³-hybridized carbons (Fsp3) is 0.294. The van der Waals surface area contributed by atoms with E-state index in [9.17, 15) is 4.79 Å². The normalized spacial score (nSPS) is 10.4. The van der Waals surface area contributed by atoms with E-state index < -0.39 is 0 Å². The molecule has 0 bridgehead atoms. The van der Waals surface area contributed by atoms with Crippen LogP contribution in [0.4, 0.5) is 11.4 Å². The summed E-state index contributed by atoms with van der Waals surface area (Å²) >= 11 is 3.45. The van der Waals surface area contributed by atoms with Gasteiger partial charge in [0.05, 0.1) is 0 Å². The third-order valence-corrected chi connectivity index (χ3v) is 3.76. The maximum Gasteiger partial charge on any atom is 0.269 e. The van der Waals surface area contributed by atoms with E-state index in [0.29, 0.717) is 18.8 Å². The van der Waals surface area contributed by atoms with Crippen LogP contribution in [0, 0.1) is 6.92 Å². The lowest BCUT2D eigenvalue weighted by molar-refractivity contribution is 0.0943. The number of anilines is 2. The number of pyridine rings is 1. The third kappa shape index (κ3) is 5.33. The number of benzene rings is 1. The molecule has 0 aliphatic rings. The van der Waals surface area contributed by atoms with Gasteiger partial charge in [-0.15, -0.1) is 0 Å². The first-order valence-corrected chi connectivity index (χ1v) is 8.16. The van der Waals surface area contributed by atoms with Crippen LogP contribution in [0.1, 0.15) is 22.5 Å². The molecule has 0 saturated carbocycles. The van der Waals surface area contributed by atoms with E-state index in [1.807, 2.05) is 31.2 Å². The highest BCUT2D eigenvalue weighted by Crippen LogP contribution is 2.23. The van der Waals surface area contributed by atoms with Crippen LogP contribution in [0.5, 0.6) is 0 Å². The first-order chi connectivity index (χ1) is 11.1. The number of hydrogen-bond donors (Lipinski definition) is 2. The fourth-order valence-electron chi connectivity index (χ4n) is 2.06. The number of nitrogens with one attached hydrogen (secondary N) is 2. The summed E-state index contributed by atoms with van der Waals surface area (Å²) in [5.74, 6) is -0.183. The van der Waals surface area contributed by atoms with Crippen molar-refractivity contribution >= 4 is 33.2 Å². The number of rotatable bonds is 7. The van der Waals surface area contributed by atoms with Gasteiger partial charge in [0.15, 0.2) is 0 Å². The lowest BCUT2D eigenvalue weighted by Crippen LogP contribution is -2.26. The number of methoxy groups -OCH3 is 1.